The van der Waals surface area contributed by atoms with Crippen molar-refractivity contribution < 1.29 is 22.4 Å². The molecule has 0 aliphatic heterocycles. The van der Waals surface area contributed by atoms with Crippen molar-refractivity contribution >= 4 is 0 Å². The standard InChI is InChI=1S/C14H8F3N3O2/c15-9-3-1-2-4-10(9)21-11-6-5-8(7-18-11)14-19-13(12(16)17)20-22-14/h1-7,12H. The van der Waals surface area contributed by atoms with E-state index in [4.69, 9.17) is 9.26 Å². The highest BCUT2D eigenvalue weighted by Crippen LogP contribution is 2.25. The van der Waals surface area contributed by atoms with Gasteiger partial charge in [-0.05, 0) is 18.2 Å². The maximum absolute atomic E-state index is 13.4. The summed E-state index contributed by atoms with van der Waals surface area (Å²) in [6.45, 7) is 0. The lowest BCUT2D eigenvalue weighted by Crippen LogP contribution is -1.91. The average Bonchev–Trinajstić information content (AvgIpc) is 3.00. The van der Waals surface area contributed by atoms with Gasteiger partial charge in [0, 0.05) is 12.3 Å². The molecule has 3 aromatic rings. The maximum Gasteiger partial charge on any atom is 0.300 e. The van der Waals surface area contributed by atoms with Crippen LogP contribution in [0, 0.1) is 5.82 Å². The van der Waals surface area contributed by atoms with Crippen LogP contribution in [0.5, 0.6) is 11.6 Å². The monoisotopic (exact) mass is 307 g/mol. The van der Waals surface area contributed by atoms with Crippen LogP contribution in [-0.4, -0.2) is 15.1 Å². The molecule has 0 unspecified atom stereocenters. The summed E-state index contributed by atoms with van der Waals surface area (Å²) < 4.78 is 48.2. The highest BCUT2D eigenvalue weighted by Gasteiger charge is 2.17. The minimum absolute atomic E-state index is 0.0283. The van der Waals surface area contributed by atoms with Gasteiger partial charge in [-0.3, -0.25) is 0 Å². The summed E-state index contributed by atoms with van der Waals surface area (Å²) in [7, 11) is 0. The van der Waals surface area contributed by atoms with Crippen LogP contribution in [-0.2, 0) is 0 Å². The first-order valence-electron chi connectivity index (χ1n) is 6.14. The fourth-order valence-corrected chi connectivity index (χ4v) is 1.65. The number of hydrogen-bond donors (Lipinski definition) is 0. The van der Waals surface area contributed by atoms with Gasteiger partial charge < -0.3 is 9.26 Å². The van der Waals surface area contributed by atoms with E-state index in [1.165, 1.54) is 36.5 Å². The van der Waals surface area contributed by atoms with Gasteiger partial charge in [0.05, 0.1) is 5.56 Å². The lowest BCUT2D eigenvalue weighted by molar-refractivity contribution is 0.136. The fraction of sp³-hybridized carbons (Fsp3) is 0.0714. The molecule has 0 saturated heterocycles. The van der Waals surface area contributed by atoms with Crippen LogP contribution in [0.3, 0.4) is 0 Å². The van der Waals surface area contributed by atoms with Gasteiger partial charge in [0.25, 0.3) is 5.89 Å². The van der Waals surface area contributed by atoms with E-state index in [-0.39, 0.29) is 17.5 Å². The summed E-state index contributed by atoms with van der Waals surface area (Å²) in [6, 6.07) is 8.80. The average molecular weight is 307 g/mol. The molecule has 0 aliphatic rings. The normalized spacial score (nSPS) is 10.9. The van der Waals surface area contributed by atoms with E-state index in [9.17, 15) is 13.2 Å². The van der Waals surface area contributed by atoms with Crippen molar-refractivity contribution in [2.75, 3.05) is 0 Å². The molecular weight excluding hydrogens is 299 g/mol. The van der Waals surface area contributed by atoms with Crippen molar-refractivity contribution in [1.29, 1.82) is 0 Å². The maximum atomic E-state index is 13.4. The van der Waals surface area contributed by atoms with Gasteiger partial charge in [-0.25, -0.2) is 18.2 Å². The Hall–Kier alpha value is -2.90. The van der Waals surface area contributed by atoms with Crippen molar-refractivity contribution in [3.05, 3.63) is 54.2 Å². The van der Waals surface area contributed by atoms with Crippen LogP contribution in [0.15, 0.2) is 47.1 Å². The van der Waals surface area contributed by atoms with Crippen molar-refractivity contribution in [2.24, 2.45) is 0 Å². The largest absolute Gasteiger partial charge is 0.436 e. The second kappa shape index (κ2) is 5.84. The predicted molar refractivity (Wildman–Crippen MR) is 69.0 cm³/mol. The molecule has 112 valence electrons. The van der Waals surface area contributed by atoms with Crippen LogP contribution >= 0.6 is 0 Å². The van der Waals surface area contributed by atoms with E-state index < -0.39 is 18.1 Å². The third-order valence-electron chi connectivity index (χ3n) is 2.67. The zero-order chi connectivity index (χ0) is 15.5. The Balaban J connectivity index is 1.79. The summed E-state index contributed by atoms with van der Waals surface area (Å²) in [5, 5.41) is 3.15. The third-order valence-corrected chi connectivity index (χ3v) is 2.67. The van der Waals surface area contributed by atoms with Gasteiger partial charge in [-0.1, -0.05) is 17.3 Å². The molecule has 0 radical (unpaired) electrons. The molecule has 0 N–H and O–H groups in total. The Morgan fingerprint density at radius 2 is 1.91 bits per heavy atom. The van der Waals surface area contributed by atoms with Crippen LogP contribution in [0.2, 0.25) is 0 Å². The molecule has 3 rings (SSSR count). The highest BCUT2D eigenvalue weighted by molar-refractivity contribution is 5.51. The van der Waals surface area contributed by atoms with Crippen LogP contribution in [0.1, 0.15) is 12.2 Å². The molecule has 0 amide bonds. The zero-order valence-corrected chi connectivity index (χ0v) is 10.9. The Morgan fingerprint density at radius 1 is 1.09 bits per heavy atom. The first kappa shape index (κ1) is 14.1. The quantitative estimate of drug-likeness (QED) is 0.729. The van der Waals surface area contributed by atoms with Gasteiger partial charge in [0.2, 0.25) is 11.7 Å². The van der Waals surface area contributed by atoms with Gasteiger partial charge in [-0.2, -0.15) is 4.98 Å². The van der Waals surface area contributed by atoms with Crippen LogP contribution in [0.4, 0.5) is 13.2 Å². The first-order chi connectivity index (χ1) is 10.6. The molecule has 2 aromatic heterocycles. The predicted octanol–water partition coefficient (Wildman–Crippen LogP) is 4.00. The number of hydrogen-bond acceptors (Lipinski definition) is 5. The summed E-state index contributed by atoms with van der Waals surface area (Å²) in [5.74, 6) is -1.13. The number of ether oxygens (including phenoxy) is 1. The third kappa shape index (κ3) is 2.90. The van der Waals surface area contributed by atoms with E-state index in [2.05, 4.69) is 15.1 Å². The summed E-state index contributed by atoms with van der Waals surface area (Å²) in [4.78, 5) is 7.48. The lowest BCUT2D eigenvalue weighted by Gasteiger charge is -2.05. The van der Waals surface area contributed by atoms with Gasteiger partial charge >= 0.3 is 6.43 Å². The minimum atomic E-state index is -2.81. The molecule has 5 nitrogen and oxygen atoms in total. The summed E-state index contributed by atoms with van der Waals surface area (Å²) >= 11 is 0. The number of pyridine rings is 1. The Labute approximate surface area is 122 Å². The second-order valence-corrected chi connectivity index (χ2v) is 4.18. The minimum Gasteiger partial charge on any atom is -0.436 e. The van der Waals surface area contributed by atoms with Gasteiger partial charge in [0.15, 0.2) is 11.6 Å². The van der Waals surface area contributed by atoms with Crippen molar-refractivity contribution in [3.8, 4) is 23.1 Å². The number of halogens is 3. The molecule has 0 aliphatic carbocycles. The number of nitrogens with zero attached hydrogens (tertiary/aromatic N) is 3. The first-order valence-corrected chi connectivity index (χ1v) is 6.14. The van der Waals surface area contributed by atoms with Gasteiger partial charge in [-0.15, -0.1) is 0 Å². The Kier molecular flexibility index (Phi) is 3.73. The van der Waals surface area contributed by atoms with E-state index in [1.54, 1.807) is 6.07 Å². The Bertz CT molecular complexity index is 775. The van der Waals surface area contributed by atoms with Crippen molar-refractivity contribution in [3.63, 3.8) is 0 Å². The summed E-state index contributed by atoms with van der Waals surface area (Å²) in [6.07, 6.45) is -1.51. The van der Waals surface area contributed by atoms with Crippen LogP contribution in [0.25, 0.3) is 11.5 Å². The number of rotatable bonds is 4. The molecule has 0 fully saturated rings. The molecular formula is C14H8F3N3O2. The number of alkyl halides is 2. The number of benzene rings is 1. The molecule has 0 saturated carbocycles. The molecule has 2 heterocycles. The van der Waals surface area contributed by atoms with E-state index >= 15 is 0 Å². The molecule has 0 spiro atoms. The topological polar surface area (TPSA) is 61.0 Å². The van der Waals surface area contributed by atoms with Crippen LogP contribution < -0.4 is 4.74 Å². The number of aromatic nitrogens is 3. The molecule has 0 bridgehead atoms. The molecule has 0 atom stereocenters. The smallest absolute Gasteiger partial charge is 0.300 e. The van der Waals surface area contributed by atoms with E-state index in [0.717, 1.165) is 0 Å². The van der Waals surface area contributed by atoms with E-state index in [0.29, 0.717) is 5.56 Å². The lowest BCUT2D eigenvalue weighted by atomic mass is 10.3. The Morgan fingerprint density at radius 3 is 2.55 bits per heavy atom. The zero-order valence-electron chi connectivity index (χ0n) is 10.9. The SMILES string of the molecule is Fc1ccccc1Oc1ccc(-c2nc(C(F)F)no2)cn1. The van der Waals surface area contributed by atoms with Crippen molar-refractivity contribution in [1.82, 2.24) is 15.1 Å². The fourth-order valence-electron chi connectivity index (χ4n) is 1.65. The highest BCUT2D eigenvalue weighted by atomic mass is 19.3. The van der Waals surface area contributed by atoms with E-state index in [1.807, 2.05) is 0 Å². The molecule has 8 heteroatoms. The second-order valence-electron chi connectivity index (χ2n) is 4.18. The molecule has 22 heavy (non-hydrogen) atoms. The van der Waals surface area contributed by atoms with Gasteiger partial charge in [0.1, 0.15) is 0 Å². The molecule has 1 aromatic carbocycles. The summed E-state index contributed by atoms with van der Waals surface area (Å²) in [5.41, 5.74) is 0.347. The number of para-hydroxylation sites is 1. The van der Waals surface area contributed by atoms with Crippen molar-refractivity contribution in [2.45, 2.75) is 6.43 Å².